The second kappa shape index (κ2) is 6.86. The quantitative estimate of drug-likeness (QED) is 0.529. The minimum Gasteiger partial charge on any atom is -0.466 e. The Morgan fingerprint density at radius 1 is 1.08 bits per heavy atom. The highest BCUT2D eigenvalue weighted by molar-refractivity contribution is 6.31. The first-order valence-corrected chi connectivity index (χ1v) is 8.74. The molecule has 4 aromatic rings. The van der Waals surface area contributed by atoms with Crippen LogP contribution in [0.25, 0.3) is 11.0 Å². The number of aromatic nitrogens is 2. The van der Waals surface area contributed by atoms with Crippen molar-refractivity contribution in [2.75, 3.05) is 5.73 Å². The van der Waals surface area contributed by atoms with Crippen LogP contribution < -0.4 is 10.3 Å². The van der Waals surface area contributed by atoms with Gasteiger partial charge in [-0.1, -0.05) is 41.9 Å². The van der Waals surface area contributed by atoms with Gasteiger partial charge >= 0.3 is 5.95 Å². The van der Waals surface area contributed by atoms with E-state index >= 15 is 0 Å². The third kappa shape index (κ3) is 2.96. The fourth-order valence-corrected chi connectivity index (χ4v) is 3.41. The highest BCUT2D eigenvalue weighted by Crippen LogP contribution is 2.23. The molecular weight excluding hydrogens is 350 g/mol. The molecule has 132 valence electrons. The third-order valence-electron chi connectivity index (χ3n) is 4.53. The number of para-hydroxylation sites is 2. The van der Waals surface area contributed by atoms with Gasteiger partial charge in [-0.25, -0.2) is 9.13 Å². The van der Waals surface area contributed by atoms with Gasteiger partial charge in [0.2, 0.25) is 0 Å². The summed E-state index contributed by atoms with van der Waals surface area (Å²) >= 11 is 6.32. The van der Waals surface area contributed by atoms with E-state index in [-0.39, 0.29) is 0 Å². The van der Waals surface area contributed by atoms with Crippen LogP contribution in [0.4, 0.5) is 5.95 Å². The number of nitrogens with zero attached hydrogens (tertiary/aromatic N) is 2. The van der Waals surface area contributed by atoms with E-state index in [9.17, 15) is 5.11 Å². The number of anilines is 1. The number of nitrogen functional groups attached to an aromatic ring is 1. The smallest absolute Gasteiger partial charge is 0.356 e. The molecule has 26 heavy (non-hydrogen) atoms. The summed E-state index contributed by atoms with van der Waals surface area (Å²) in [5, 5.41) is 11.2. The van der Waals surface area contributed by atoms with E-state index in [1.807, 2.05) is 57.7 Å². The van der Waals surface area contributed by atoms with Crippen LogP contribution in [0.5, 0.6) is 0 Å². The Morgan fingerprint density at radius 3 is 2.62 bits per heavy atom. The molecule has 2 aromatic heterocycles. The summed E-state index contributed by atoms with van der Waals surface area (Å²) in [7, 11) is 0. The average molecular weight is 369 g/mol. The van der Waals surface area contributed by atoms with Crippen molar-refractivity contribution in [2.45, 2.75) is 19.2 Å². The van der Waals surface area contributed by atoms with Crippen LogP contribution in [-0.4, -0.2) is 9.67 Å². The Bertz CT molecular complexity index is 1040. The maximum atomic E-state index is 10.5. The van der Waals surface area contributed by atoms with E-state index in [2.05, 4.69) is 0 Å². The minimum atomic E-state index is -0.781. The van der Waals surface area contributed by atoms with Crippen LogP contribution in [0.3, 0.4) is 0 Å². The molecule has 3 N–H and O–H groups in total. The topological polar surface area (TPSA) is 68.2 Å². The highest BCUT2D eigenvalue weighted by atomic mass is 35.5. The number of rotatable bonds is 5. The zero-order chi connectivity index (χ0) is 18.1. The molecule has 0 bridgehead atoms. The Balaban J connectivity index is 1.77. The number of hydrogen-bond donors (Lipinski definition) is 2. The zero-order valence-electron chi connectivity index (χ0n) is 14.0. The van der Waals surface area contributed by atoms with Gasteiger partial charge in [-0.3, -0.25) is 5.73 Å². The Hall–Kier alpha value is -2.76. The maximum absolute atomic E-state index is 10.5. The van der Waals surface area contributed by atoms with Crippen molar-refractivity contribution >= 4 is 28.6 Å². The van der Waals surface area contributed by atoms with Gasteiger partial charge in [0.15, 0.2) is 0 Å². The predicted octanol–water partition coefficient (Wildman–Crippen LogP) is 3.54. The molecule has 0 saturated carbocycles. The van der Waals surface area contributed by atoms with Crippen LogP contribution >= 0.6 is 11.6 Å². The lowest BCUT2D eigenvalue weighted by atomic mass is 10.2. The summed E-state index contributed by atoms with van der Waals surface area (Å²) in [4.78, 5) is 0. The number of hydrogen-bond acceptors (Lipinski definition) is 3. The largest absolute Gasteiger partial charge is 0.466 e. The molecule has 0 saturated heterocycles. The average Bonchev–Trinajstić information content (AvgIpc) is 3.27. The molecule has 0 spiro atoms. The molecule has 0 aliphatic rings. The fourth-order valence-electron chi connectivity index (χ4n) is 3.21. The number of aliphatic hydroxyl groups excluding tert-OH is 1. The van der Waals surface area contributed by atoms with E-state index < -0.39 is 6.10 Å². The molecule has 5 nitrogen and oxygen atoms in total. The number of imidazole rings is 1. The molecule has 0 amide bonds. The highest BCUT2D eigenvalue weighted by Gasteiger charge is 2.24. The van der Waals surface area contributed by atoms with Gasteiger partial charge in [-0.2, -0.15) is 0 Å². The molecule has 0 aliphatic carbocycles. The third-order valence-corrected chi connectivity index (χ3v) is 4.90. The van der Waals surface area contributed by atoms with E-state index in [0.29, 0.717) is 29.8 Å². The van der Waals surface area contributed by atoms with E-state index in [1.54, 1.807) is 18.4 Å². The van der Waals surface area contributed by atoms with Gasteiger partial charge in [0.25, 0.3) is 0 Å². The summed E-state index contributed by atoms with van der Waals surface area (Å²) in [6, 6.07) is 19.2. The van der Waals surface area contributed by atoms with Crippen molar-refractivity contribution in [3.05, 3.63) is 83.3 Å². The molecule has 4 rings (SSSR count). The van der Waals surface area contributed by atoms with Crippen molar-refractivity contribution in [3.8, 4) is 0 Å². The monoisotopic (exact) mass is 368 g/mol. The molecule has 2 heterocycles. The lowest BCUT2D eigenvalue weighted by molar-refractivity contribution is -0.648. The lowest BCUT2D eigenvalue weighted by Crippen LogP contribution is -2.37. The van der Waals surface area contributed by atoms with Crippen molar-refractivity contribution in [1.82, 2.24) is 4.57 Å². The number of halogens is 1. The number of aliphatic hydroxyl groups is 1. The van der Waals surface area contributed by atoms with Gasteiger partial charge in [-0.05, 0) is 30.3 Å². The number of furan rings is 1. The van der Waals surface area contributed by atoms with Crippen LogP contribution in [-0.2, 0) is 13.1 Å². The molecule has 0 aliphatic heterocycles. The zero-order valence-corrected chi connectivity index (χ0v) is 14.8. The van der Waals surface area contributed by atoms with Crippen molar-refractivity contribution in [2.24, 2.45) is 0 Å². The molecule has 1 atom stereocenters. The van der Waals surface area contributed by atoms with Gasteiger partial charge < -0.3 is 9.52 Å². The van der Waals surface area contributed by atoms with E-state index in [1.165, 1.54) is 0 Å². The van der Waals surface area contributed by atoms with Gasteiger partial charge in [0.1, 0.15) is 29.4 Å². The predicted molar refractivity (Wildman–Crippen MR) is 101 cm³/mol. The Labute approximate surface area is 155 Å². The standard InChI is InChI=1S/C20H18ClN3O2/c21-15-7-2-1-6-14(15)12-23-16-8-3-4-9-17(16)24(20(23)22)13-18(25)19-10-5-11-26-19/h1-11,18,22,25H,12-13H2/p+1/t18-/m0/s1. The lowest BCUT2D eigenvalue weighted by Gasteiger charge is -2.08. The molecule has 0 unspecified atom stereocenters. The van der Waals surface area contributed by atoms with Crippen molar-refractivity contribution in [3.63, 3.8) is 0 Å². The molecule has 0 radical (unpaired) electrons. The van der Waals surface area contributed by atoms with Crippen LogP contribution in [0, 0.1) is 0 Å². The molecule has 2 aromatic carbocycles. The first-order chi connectivity index (χ1) is 12.6. The van der Waals surface area contributed by atoms with Gasteiger partial charge in [-0.15, -0.1) is 0 Å². The normalized spacial score (nSPS) is 12.5. The van der Waals surface area contributed by atoms with Crippen molar-refractivity contribution in [1.29, 1.82) is 0 Å². The Morgan fingerprint density at radius 2 is 1.85 bits per heavy atom. The second-order valence-corrected chi connectivity index (χ2v) is 6.57. The summed E-state index contributed by atoms with van der Waals surface area (Å²) in [6.07, 6.45) is 0.768. The van der Waals surface area contributed by atoms with Crippen molar-refractivity contribution < 1.29 is 14.1 Å². The summed E-state index contributed by atoms with van der Waals surface area (Å²) < 4.78 is 9.22. The SMILES string of the molecule is Nc1n(C[C@H](O)c2ccco2)c2ccccc2[n+]1Cc1ccccc1Cl. The Kier molecular flexibility index (Phi) is 4.41. The summed E-state index contributed by atoms with van der Waals surface area (Å²) in [6.45, 7) is 0.852. The summed E-state index contributed by atoms with van der Waals surface area (Å²) in [5.74, 6) is 1.07. The summed E-state index contributed by atoms with van der Waals surface area (Å²) in [5.41, 5.74) is 9.37. The van der Waals surface area contributed by atoms with E-state index in [4.69, 9.17) is 21.8 Å². The number of fused-ring (bicyclic) bond motifs is 1. The maximum Gasteiger partial charge on any atom is 0.356 e. The minimum absolute atomic E-state index is 0.301. The van der Waals surface area contributed by atoms with Crippen LogP contribution in [0.2, 0.25) is 5.02 Å². The molecule has 0 fully saturated rings. The number of benzene rings is 2. The van der Waals surface area contributed by atoms with Crippen LogP contribution in [0.15, 0.2) is 71.3 Å². The van der Waals surface area contributed by atoms with Crippen LogP contribution in [0.1, 0.15) is 17.4 Å². The molecule has 6 heteroatoms. The fraction of sp³-hybridized carbons (Fsp3) is 0.150. The van der Waals surface area contributed by atoms with Gasteiger partial charge in [0.05, 0.1) is 12.8 Å². The number of nitrogens with two attached hydrogens (primary N) is 1. The first kappa shape index (κ1) is 16.7. The van der Waals surface area contributed by atoms with E-state index in [0.717, 1.165) is 16.6 Å². The first-order valence-electron chi connectivity index (χ1n) is 8.36. The second-order valence-electron chi connectivity index (χ2n) is 6.17. The molecular formula is C20H19ClN3O2+. The van der Waals surface area contributed by atoms with Gasteiger partial charge in [0, 0.05) is 10.6 Å².